The summed E-state index contributed by atoms with van der Waals surface area (Å²) in [6.45, 7) is 9.64. The van der Waals surface area contributed by atoms with Crippen LogP contribution in [0.4, 0.5) is 0 Å². The Bertz CT molecular complexity index is 217. The Kier molecular flexibility index (Phi) is 5.24. The molecule has 0 saturated carbocycles. The van der Waals surface area contributed by atoms with Gasteiger partial charge in [0.15, 0.2) is 0 Å². The van der Waals surface area contributed by atoms with Gasteiger partial charge in [-0.3, -0.25) is 14.6 Å². The van der Waals surface area contributed by atoms with E-state index in [1.54, 1.807) is 0 Å². The molecule has 0 bridgehead atoms. The van der Waals surface area contributed by atoms with E-state index in [1.165, 1.54) is 0 Å². The van der Waals surface area contributed by atoms with E-state index in [2.05, 4.69) is 18.7 Å². The maximum atomic E-state index is 10.9. The van der Waals surface area contributed by atoms with Crippen LogP contribution < -0.4 is 0 Å². The van der Waals surface area contributed by atoms with Crippen LogP contribution in [-0.2, 0) is 4.79 Å². The van der Waals surface area contributed by atoms with Crippen molar-refractivity contribution >= 4 is 5.97 Å². The fraction of sp³-hybridized carbons (Fsp3) is 0.909. The van der Waals surface area contributed by atoms with E-state index in [0.717, 1.165) is 6.54 Å². The molecular formula is C11H24N2O2. The van der Waals surface area contributed by atoms with Crippen LogP contribution >= 0.6 is 0 Å². The van der Waals surface area contributed by atoms with Crippen LogP contribution in [0, 0.1) is 0 Å². The molecule has 0 aliphatic carbocycles. The summed E-state index contributed by atoms with van der Waals surface area (Å²) in [5.74, 6) is -0.732. The Morgan fingerprint density at radius 2 is 1.80 bits per heavy atom. The van der Waals surface area contributed by atoms with Gasteiger partial charge in [-0.1, -0.05) is 13.8 Å². The van der Waals surface area contributed by atoms with Crippen molar-refractivity contribution in [2.24, 2.45) is 0 Å². The maximum Gasteiger partial charge on any atom is 0.322 e. The molecule has 1 unspecified atom stereocenters. The van der Waals surface area contributed by atoms with E-state index in [0.29, 0.717) is 6.54 Å². The summed E-state index contributed by atoms with van der Waals surface area (Å²) in [6, 6.07) is -0.363. The zero-order valence-electron chi connectivity index (χ0n) is 10.7. The molecule has 1 fully saturated rings. The molecule has 1 rings (SSSR count). The number of hydrogen-bond donors (Lipinski definition) is 1. The number of carbonyl (C=O) groups is 1. The van der Waals surface area contributed by atoms with Crippen molar-refractivity contribution in [3.05, 3.63) is 0 Å². The number of hydrogen-bond acceptors (Lipinski definition) is 3. The quantitative estimate of drug-likeness (QED) is 0.713. The second kappa shape index (κ2) is 5.47. The first-order valence-electron chi connectivity index (χ1n) is 5.49. The van der Waals surface area contributed by atoms with Gasteiger partial charge in [-0.15, -0.1) is 0 Å². The van der Waals surface area contributed by atoms with Crippen LogP contribution in [0.25, 0.3) is 0 Å². The Hall–Kier alpha value is -0.610. The summed E-state index contributed by atoms with van der Waals surface area (Å²) in [4.78, 5) is 14.9. The summed E-state index contributed by atoms with van der Waals surface area (Å²) in [6.07, 6.45) is 0. The van der Waals surface area contributed by atoms with Gasteiger partial charge in [0.25, 0.3) is 0 Å². The van der Waals surface area contributed by atoms with Gasteiger partial charge in [0, 0.05) is 18.6 Å². The summed E-state index contributed by atoms with van der Waals surface area (Å²) in [5, 5.41) is 8.93. The molecule has 0 aromatic carbocycles. The van der Waals surface area contributed by atoms with Crippen LogP contribution in [0.2, 0.25) is 0 Å². The van der Waals surface area contributed by atoms with E-state index in [-0.39, 0.29) is 11.6 Å². The lowest BCUT2D eigenvalue weighted by Gasteiger charge is -2.46. The zero-order valence-corrected chi connectivity index (χ0v) is 10.7. The Morgan fingerprint density at radius 3 is 2.20 bits per heavy atom. The van der Waals surface area contributed by atoms with Crippen molar-refractivity contribution in [1.82, 2.24) is 9.80 Å². The molecule has 0 amide bonds. The fourth-order valence-corrected chi connectivity index (χ4v) is 1.75. The fourth-order valence-electron chi connectivity index (χ4n) is 1.75. The minimum atomic E-state index is -0.732. The van der Waals surface area contributed by atoms with Gasteiger partial charge in [-0.2, -0.15) is 0 Å². The number of rotatable bonds is 1. The number of carboxylic acid groups (broad SMARTS) is 1. The number of nitrogens with zero attached hydrogens (tertiary/aromatic N) is 2. The minimum absolute atomic E-state index is 0.0701. The van der Waals surface area contributed by atoms with E-state index in [9.17, 15) is 4.79 Å². The number of aliphatic carboxylic acids is 1. The van der Waals surface area contributed by atoms with Gasteiger partial charge >= 0.3 is 5.97 Å². The monoisotopic (exact) mass is 216 g/mol. The second-order valence-electron chi connectivity index (χ2n) is 4.46. The summed E-state index contributed by atoms with van der Waals surface area (Å²) >= 11 is 0. The molecule has 90 valence electrons. The standard InChI is InChI=1S/C9H18N2O2.C2H6/c1-9(2)6-10(3)7(8(12)13)5-11(9)4;1-2/h7H,5-6H2,1-4H3,(H,12,13);1-2H3. The number of piperazine rings is 1. The summed E-state index contributed by atoms with van der Waals surface area (Å²) in [7, 11) is 3.84. The highest BCUT2D eigenvalue weighted by Gasteiger charge is 2.38. The molecule has 1 aliphatic heterocycles. The molecular weight excluding hydrogens is 192 g/mol. The lowest BCUT2D eigenvalue weighted by atomic mass is 9.97. The van der Waals surface area contributed by atoms with Crippen LogP contribution in [0.5, 0.6) is 0 Å². The zero-order chi connectivity index (χ0) is 12.2. The van der Waals surface area contributed by atoms with Crippen molar-refractivity contribution in [3.63, 3.8) is 0 Å². The molecule has 1 atom stereocenters. The molecule has 1 saturated heterocycles. The molecule has 0 spiro atoms. The third-order valence-electron chi connectivity index (χ3n) is 2.93. The Balaban J connectivity index is 0.000000921. The van der Waals surface area contributed by atoms with Gasteiger partial charge in [-0.05, 0) is 27.9 Å². The molecule has 0 radical (unpaired) electrons. The maximum absolute atomic E-state index is 10.9. The lowest BCUT2D eigenvalue weighted by molar-refractivity contribution is -0.147. The average molecular weight is 216 g/mol. The van der Waals surface area contributed by atoms with Crippen LogP contribution in [0.15, 0.2) is 0 Å². The highest BCUT2D eigenvalue weighted by atomic mass is 16.4. The molecule has 1 heterocycles. The number of likely N-dealkylation sites (N-methyl/N-ethyl adjacent to an activating group) is 2. The van der Waals surface area contributed by atoms with Gasteiger partial charge in [0.1, 0.15) is 6.04 Å². The second-order valence-corrected chi connectivity index (χ2v) is 4.46. The Morgan fingerprint density at radius 1 is 1.33 bits per heavy atom. The van der Waals surface area contributed by atoms with Crippen molar-refractivity contribution in [3.8, 4) is 0 Å². The summed E-state index contributed by atoms with van der Waals surface area (Å²) in [5.41, 5.74) is 0.0701. The lowest BCUT2D eigenvalue weighted by Crippen LogP contribution is -2.62. The minimum Gasteiger partial charge on any atom is -0.480 e. The third kappa shape index (κ3) is 3.47. The van der Waals surface area contributed by atoms with E-state index < -0.39 is 5.97 Å². The van der Waals surface area contributed by atoms with Crippen LogP contribution in [0.1, 0.15) is 27.7 Å². The first kappa shape index (κ1) is 14.4. The molecule has 4 nitrogen and oxygen atoms in total. The van der Waals surface area contributed by atoms with Crippen molar-refractivity contribution in [1.29, 1.82) is 0 Å². The highest BCUT2D eigenvalue weighted by molar-refractivity contribution is 5.74. The normalized spacial score (nSPS) is 26.7. The van der Waals surface area contributed by atoms with Crippen molar-refractivity contribution < 1.29 is 9.90 Å². The summed E-state index contributed by atoms with van der Waals surface area (Å²) < 4.78 is 0. The number of carboxylic acids is 1. The van der Waals surface area contributed by atoms with Gasteiger partial charge in [-0.25, -0.2) is 0 Å². The van der Waals surface area contributed by atoms with E-state index >= 15 is 0 Å². The third-order valence-corrected chi connectivity index (χ3v) is 2.93. The first-order valence-corrected chi connectivity index (χ1v) is 5.49. The molecule has 4 heteroatoms. The molecule has 15 heavy (non-hydrogen) atoms. The van der Waals surface area contributed by atoms with Gasteiger partial charge < -0.3 is 5.11 Å². The van der Waals surface area contributed by atoms with E-state index in [1.807, 2.05) is 32.8 Å². The Labute approximate surface area is 92.9 Å². The van der Waals surface area contributed by atoms with Crippen molar-refractivity contribution in [2.45, 2.75) is 39.3 Å². The first-order chi connectivity index (χ1) is 6.84. The smallest absolute Gasteiger partial charge is 0.322 e. The predicted octanol–water partition coefficient (Wildman–Crippen LogP) is 1.12. The topological polar surface area (TPSA) is 43.8 Å². The average Bonchev–Trinajstić information content (AvgIpc) is 2.13. The van der Waals surface area contributed by atoms with Gasteiger partial charge in [0.2, 0.25) is 0 Å². The van der Waals surface area contributed by atoms with E-state index in [4.69, 9.17) is 5.11 Å². The van der Waals surface area contributed by atoms with Crippen molar-refractivity contribution in [2.75, 3.05) is 27.2 Å². The van der Waals surface area contributed by atoms with Gasteiger partial charge in [0.05, 0.1) is 0 Å². The predicted molar refractivity (Wildman–Crippen MR) is 62.1 cm³/mol. The molecule has 1 aliphatic rings. The molecule has 0 aromatic rings. The van der Waals surface area contributed by atoms with Crippen LogP contribution in [-0.4, -0.2) is 59.6 Å². The SMILES string of the molecule is CC.CN1CC(C)(C)N(C)CC1C(=O)O. The highest BCUT2D eigenvalue weighted by Crippen LogP contribution is 2.21. The molecule has 0 aromatic heterocycles. The largest absolute Gasteiger partial charge is 0.480 e. The van der Waals surface area contributed by atoms with Crippen LogP contribution in [0.3, 0.4) is 0 Å². The molecule has 1 N–H and O–H groups in total.